The van der Waals surface area contributed by atoms with Gasteiger partial charge in [0.1, 0.15) is 12.6 Å². The van der Waals surface area contributed by atoms with E-state index in [4.69, 9.17) is 5.11 Å². The Morgan fingerprint density at radius 2 is 2.06 bits per heavy atom. The zero-order valence-corrected chi connectivity index (χ0v) is 9.91. The van der Waals surface area contributed by atoms with Gasteiger partial charge in [-0.05, 0) is 6.92 Å². The van der Waals surface area contributed by atoms with E-state index in [9.17, 15) is 19.2 Å². The molecule has 8 heteroatoms. The Kier molecular flexibility index (Phi) is 4.03. The van der Waals surface area contributed by atoms with Crippen molar-refractivity contribution >= 4 is 11.9 Å². The van der Waals surface area contributed by atoms with Crippen LogP contribution in [0.1, 0.15) is 6.92 Å². The maximum atomic E-state index is 11.7. The monoisotopic (exact) mass is 255 g/mol. The van der Waals surface area contributed by atoms with Crippen LogP contribution < -0.4 is 11.1 Å². The minimum atomic E-state index is -1.15. The standard InChI is InChI=1S/C10H13N3O5/c1-6(10(17)18)12(2)9(16)5-13-8(15)4-3-7(14)11-13/h3-4,6H,5H2,1-2H3,(H,11,14)(H,17,18). The van der Waals surface area contributed by atoms with Gasteiger partial charge in [-0.25, -0.2) is 9.48 Å². The van der Waals surface area contributed by atoms with Crippen molar-refractivity contribution in [3.8, 4) is 0 Å². The van der Waals surface area contributed by atoms with Gasteiger partial charge in [-0.1, -0.05) is 0 Å². The maximum absolute atomic E-state index is 11.7. The van der Waals surface area contributed by atoms with Gasteiger partial charge in [-0.3, -0.25) is 19.5 Å². The van der Waals surface area contributed by atoms with Crippen molar-refractivity contribution in [2.45, 2.75) is 19.5 Å². The van der Waals surface area contributed by atoms with Gasteiger partial charge in [0.15, 0.2) is 0 Å². The van der Waals surface area contributed by atoms with Crippen LogP contribution in [0.5, 0.6) is 0 Å². The quantitative estimate of drug-likeness (QED) is 0.677. The number of nitrogens with zero attached hydrogens (tertiary/aromatic N) is 2. The Labute approximate surface area is 101 Å². The summed E-state index contributed by atoms with van der Waals surface area (Å²) in [6.07, 6.45) is 0. The summed E-state index contributed by atoms with van der Waals surface area (Å²) >= 11 is 0. The molecule has 0 spiro atoms. The molecule has 1 aromatic heterocycles. The highest BCUT2D eigenvalue weighted by Gasteiger charge is 2.21. The molecule has 18 heavy (non-hydrogen) atoms. The van der Waals surface area contributed by atoms with Crippen LogP contribution in [0.15, 0.2) is 21.7 Å². The summed E-state index contributed by atoms with van der Waals surface area (Å²) in [5.74, 6) is -1.74. The van der Waals surface area contributed by atoms with E-state index in [1.807, 2.05) is 0 Å². The molecule has 2 N–H and O–H groups in total. The van der Waals surface area contributed by atoms with Gasteiger partial charge in [0, 0.05) is 19.2 Å². The summed E-state index contributed by atoms with van der Waals surface area (Å²) < 4.78 is 0.829. The number of carboxylic acid groups (broad SMARTS) is 1. The van der Waals surface area contributed by atoms with Crippen LogP contribution in [0.4, 0.5) is 0 Å². The SMILES string of the molecule is CC(C(=O)O)N(C)C(=O)Cn1[nH]c(=O)ccc1=O. The molecular formula is C10H13N3O5. The minimum Gasteiger partial charge on any atom is -0.480 e. The van der Waals surface area contributed by atoms with E-state index in [1.165, 1.54) is 14.0 Å². The zero-order chi connectivity index (χ0) is 13.9. The number of carboxylic acids is 1. The van der Waals surface area contributed by atoms with E-state index in [0.717, 1.165) is 21.7 Å². The molecule has 0 radical (unpaired) electrons. The molecule has 1 unspecified atom stereocenters. The van der Waals surface area contributed by atoms with Gasteiger partial charge in [0.25, 0.3) is 11.1 Å². The summed E-state index contributed by atoms with van der Waals surface area (Å²) in [6.45, 7) is 0.930. The van der Waals surface area contributed by atoms with Crippen molar-refractivity contribution in [1.29, 1.82) is 0 Å². The van der Waals surface area contributed by atoms with E-state index in [2.05, 4.69) is 5.10 Å². The highest BCUT2D eigenvalue weighted by molar-refractivity contribution is 5.82. The van der Waals surface area contributed by atoms with Crippen molar-refractivity contribution < 1.29 is 14.7 Å². The Morgan fingerprint density at radius 1 is 1.44 bits per heavy atom. The first-order chi connectivity index (χ1) is 8.32. The summed E-state index contributed by atoms with van der Waals surface area (Å²) in [6, 6.07) is 1.07. The number of rotatable bonds is 4. The molecule has 1 heterocycles. The number of hydrogen-bond acceptors (Lipinski definition) is 4. The maximum Gasteiger partial charge on any atom is 0.326 e. The Bertz CT molecular complexity index is 573. The van der Waals surface area contributed by atoms with Gasteiger partial charge in [-0.2, -0.15) is 0 Å². The van der Waals surface area contributed by atoms with E-state index in [1.54, 1.807) is 0 Å². The molecule has 0 aliphatic carbocycles. The van der Waals surface area contributed by atoms with Gasteiger partial charge in [0.05, 0.1) is 0 Å². The zero-order valence-electron chi connectivity index (χ0n) is 9.91. The molecule has 1 aromatic rings. The molecular weight excluding hydrogens is 242 g/mol. The minimum absolute atomic E-state index is 0.414. The second-order valence-corrected chi connectivity index (χ2v) is 3.75. The molecule has 98 valence electrons. The molecule has 0 aliphatic heterocycles. The first-order valence-corrected chi connectivity index (χ1v) is 5.11. The average Bonchev–Trinajstić information content (AvgIpc) is 2.31. The van der Waals surface area contributed by atoms with Crippen LogP contribution in [0.2, 0.25) is 0 Å². The third kappa shape index (κ3) is 3.06. The lowest BCUT2D eigenvalue weighted by atomic mass is 10.3. The Hall–Kier alpha value is -2.38. The Morgan fingerprint density at radius 3 is 2.61 bits per heavy atom. The van der Waals surface area contributed by atoms with Gasteiger partial charge < -0.3 is 10.0 Å². The van der Waals surface area contributed by atoms with E-state index in [0.29, 0.717) is 0 Å². The number of aliphatic carboxylic acids is 1. The summed E-state index contributed by atoms with van der Waals surface area (Å²) in [4.78, 5) is 45.7. The number of amides is 1. The number of aromatic amines is 1. The molecule has 8 nitrogen and oxygen atoms in total. The molecule has 1 amide bonds. The fourth-order valence-electron chi connectivity index (χ4n) is 1.21. The largest absolute Gasteiger partial charge is 0.480 e. The number of carbonyl (C=O) groups excluding carboxylic acids is 1. The first kappa shape index (κ1) is 13.7. The molecule has 0 aliphatic rings. The lowest BCUT2D eigenvalue weighted by Crippen LogP contribution is -2.43. The van der Waals surface area contributed by atoms with Crippen LogP contribution in [0.25, 0.3) is 0 Å². The molecule has 0 aromatic carbocycles. The van der Waals surface area contributed by atoms with E-state index < -0.39 is 35.6 Å². The summed E-state index contributed by atoms with van der Waals surface area (Å²) in [5.41, 5.74) is -1.06. The third-order valence-electron chi connectivity index (χ3n) is 2.51. The lowest BCUT2D eigenvalue weighted by molar-refractivity contribution is -0.148. The molecule has 1 rings (SSSR count). The first-order valence-electron chi connectivity index (χ1n) is 5.11. The Balaban J connectivity index is 2.88. The van der Waals surface area contributed by atoms with Crippen LogP contribution >= 0.6 is 0 Å². The highest BCUT2D eigenvalue weighted by atomic mass is 16.4. The molecule has 0 bridgehead atoms. The molecule has 0 saturated heterocycles. The van der Waals surface area contributed by atoms with Crippen molar-refractivity contribution in [3.05, 3.63) is 32.8 Å². The second kappa shape index (κ2) is 5.30. The van der Waals surface area contributed by atoms with Crippen molar-refractivity contribution in [3.63, 3.8) is 0 Å². The fraction of sp³-hybridized carbons (Fsp3) is 0.400. The van der Waals surface area contributed by atoms with Crippen molar-refractivity contribution in [2.24, 2.45) is 0 Å². The van der Waals surface area contributed by atoms with E-state index in [-0.39, 0.29) is 0 Å². The van der Waals surface area contributed by atoms with E-state index >= 15 is 0 Å². The predicted molar refractivity (Wildman–Crippen MR) is 61.2 cm³/mol. The smallest absolute Gasteiger partial charge is 0.326 e. The number of hydrogen-bond donors (Lipinski definition) is 2. The lowest BCUT2D eigenvalue weighted by Gasteiger charge is -2.21. The second-order valence-electron chi connectivity index (χ2n) is 3.75. The van der Waals surface area contributed by atoms with Crippen LogP contribution in [-0.4, -0.2) is 44.8 Å². The van der Waals surface area contributed by atoms with Crippen LogP contribution in [0.3, 0.4) is 0 Å². The summed E-state index contributed by atoms with van der Waals surface area (Å²) in [7, 11) is 1.31. The van der Waals surface area contributed by atoms with Crippen LogP contribution in [0, 0.1) is 0 Å². The normalized spacial score (nSPS) is 11.9. The van der Waals surface area contributed by atoms with Crippen LogP contribution in [-0.2, 0) is 16.1 Å². The predicted octanol–water partition coefficient (Wildman–Crippen LogP) is -1.53. The number of H-pyrrole nitrogens is 1. The summed E-state index contributed by atoms with van der Waals surface area (Å²) in [5, 5.41) is 10.9. The van der Waals surface area contributed by atoms with Crippen molar-refractivity contribution in [2.75, 3.05) is 7.05 Å². The molecule has 1 atom stereocenters. The highest BCUT2D eigenvalue weighted by Crippen LogP contribution is 1.97. The van der Waals surface area contributed by atoms with Gasteiger partial charge in [0.2, 0.25) is 5.91 Å². The number of likely N-dealkylation sites (N-methyl/N-ethyl adjacent to an activating group) is 1. The van der Waals surface area contributed by atoms with Crippen molar-refractivity contribution in [1.82, 2.24) is 14.7 Å². The topological polar surface area (TPSA) is 112 Å². The third-order valence-corrected chi connectivity index (χ3v) is 2.51. The molecule has 0 saturated carbocycles. The van der Waals surface area contributed by atoms with Gasteiger partial charge >= 0.3 is 5.97 Å². The number of aromatic nitrogens is 2. The van der Waals surface area contributed by atoms with Gasteiger partial charge in [-0.15, -0.1) is 0 Å². The molecule has 0 fully saturated rings. The number of carbonyl (C=O) groups is 2. The average molecular weight is 255 g/mol. The fourth-order valence-corrected chi connectivity index (χ4v) is 1.21. The number of nitrogens with one attached hydrogen (secondary N) is 1.